The molecule has 0 bridgehead atoms. The maximum absolute atomic E-state index is 5.99. The van der Waals surface area contributed by atoms with Crippen LogP contribution >= 0.6 is 23.2 Å². The van der Waals surface area contributed by atoms with Crippen LogP contribution in [-0.2, 0) is 0 Å². The Labute approximate surface area is 111 Å². The van der Waals surface area contributed by atoms with Gasteiger partial charge in [0, 0.05) is 12.6 Å². The van der Waals surface area contributed by atoms with Crippen molar-refractivity contribution in [2.45, 2.75) is 25.3 Å². The van der Waals surface area contributed by atoms with E-state index in [9.17, 15) is 0 Å². The number of rotatable bonds is 3. The van der Waals surface area contributed by atoms with Crippen LogP contribution in [-0.4, -0.2) is 41.0 Å². The first kappa shape index (κ1) is 12.9. The van der Waals surface area contributed by atoms with E-state index in [4.69, 9.17) is 23.2 Å². The molecule has 0 aliphatic carbocycles. The number of hydrogen-bond donors (Lipinski definition) is 1. The van der Waals surface area contributed by atoms with Crippen molar-refractivity contribution in [3.05, 3.63) is 16.5 Å². The lowest BCUT2D eigenvalue weighted by molar-refractivity contribution is 0.194. The molecule has 1 aromatic heterocycles. The standard InChI is InChI=1S/C11H16Cl2N4/c1-17-5-3-2-4-8(17)6-14-10-9(12)7-15-11(13)16-10/h7-8H,2-6H2,1H3,(H,14,15,16). The average molecular weight is 275 g/mol. The molecule has 1 aromatic rings. The molecule has 1 saturated heterocycles. The Morgan fingerprint density at radius 3 is 3.06 bits per heavy atom. The van der Waals surface area contributed by atoms with Crippen LogP contribution in [0.25, 0.3) is 0 Å². The minimum atomic E-state index is 0.217. The highest BCUT2D eigenvalue weighted by atomic mass is 35.5. The van der Waals surface area contributed by atoms with Gasteiger partial charge in [0.1, 0.15) is 10.8 Å². The molecule has 0 spiro atoms. The number of nitrogens with zero attached hydrogens (tertiary/aromatic N) is 3. The molecule has 1 atom stereocenters. The van der Waals surface area contributed by atoms with Gasteiger partial charge >= 0.3 is 0 Å². The van der Waals surface area contributed by atoms with Crippen LogP contribution < -0.4 is 5.32 Å². The van der Waals surface area contributed by atoms with Gasteiger partial charge in [0.2, 0.25) is 5.28 Å². The number of anilines is 1. The maximum atomic E-state index is 5.99. The zero-order valence-corrected chi connectivity index (χ0v) is 11.3. The van der Waals surface area contributed by atoms with E-state index in [1.807, 2.05) is 0 Å². The Bertz CT molecular complexity index is 386. The largest absolute Gasteiger partial charge is 0.367 e. The van der Waals surface area contributed by atoms with Crippen LogP contribution in [0.4, 0.5) is 5.82 Å². The summed E-state index contributed by atoms with van der Waals surface area (Å²) in [6.45, 7) is 1.99. The molecular formula is C11H16Cl2N4. The Balaban J connectivity index is 1.94. The molecule has 94 valence electrons. The number of likely N-dealkylation sites (tertiary alicyclic amines) is 1. The molecular weight excluding hydrogens is 259 g/mol. The molecule has 0 saturated carbocycles. The first-order valence-electron chi connectivity index (χ1n) is 5.79. The number of piperidine rings is 1. The second-order valence-corrected chi connectivity index (χ2v) is 5.09. The summed E-state index contributed by atoms with van der Waals surface area (Å²) in [6.07, 6.45) is 5.30. The third kappa shape index (κ3) is 3.44. The molecule has 2 rings (SSSR count). The van der Waals surface area contributed by atoms with Crippen molar-refractivity contribution in [3.8, 4) is 0 Å². The molecule has 0 radical (unpaired) electrons. The number of nitrogens with one attached hydrogen (secondary N) is 1. The first-order valence-corrected chi connectivity index (χ1v) is 6.54. The number of halogens is 2. The van der Waals surface area contributed by atoms with E-state index < -0.39 is 0 Å². The minimum absolute atomic E-state index is 0.217. The molecule has 6 heteroatoms. The van der Waals surface area contributed by atoms with E-state index in [1.165, 1.54) is 25.5 Å². The fraction of sp³-hybridized carbons (Fsp3) is 0.636. The summed E-state index contributed by atoms with van der Waals surface area (Å²) in [7, 11) is 2.15. The molecule has 1 N–H and O–H groups in total. The van der Waals surface area contributed by atoms with E-state index in [0.717, 1.165) is 13.1 Å². The van der Waals surface area contributed by atoms with Crippen LogP contribution in [0.15, 0.2) is 6.20 Å². The monoisotopic (exact) mass is 274 g/mol. The van der Waals surface area contributed by atoms with Gasteiger partial charge < -0.3 is 10.2 Å². The Morgan fingerprint density at radius 2 is 2.29 bits per heavy atom. The van der Waals surface area contributed by atoms with Crippen molar-refractivity contribution in [1.82, 2.24) is 14.9 Å². The normalized spacial score (nSPS) is 21.5. The van der Waals surface area contributed by atoms with Crippen LogP contribution in [0.1, 0.15) is 19.3 Å². The van der Waals surface area contributed by atoms with Crippen molar-refractivity contribution in [3.63, 3.8) is 0 Å². The molecule has 0 aromatic carbocycles. The van der Waals surface area contributed by atoms with E-state index in [1.54, 1.807) is 0 Å². The SMILES string of the molecule is CN1CCCCC1CNc1nc(Cl)ncc1Cl. The maximum Gasteiger partial charge on any atom is 0.224 e. The van der Waals surface area contributed by atoms with Crippen LogP contribution in [0.5, 0.6) is 0 Å². The molecule has 1 aliphatic rings. The predicted octanol–water partition coefficient (Wildman–Crippen LogP) is 2.68. The molecule has 1 fully saturated rings. The van der Waals surface area contributed by atoms with Gasteiger partial charge in [-0.15, -0.1) is 0 Å². The lowest BCUT2D eigenvalue weighted by Crippen LogP contribution is -2.40. The lowest BCUT2D eigenvalue weighted by Gasteiger charge is -2.32. The van der Waals surface area contributed by atoms with E-state index in [2.05, 4.69) is 27.2 Å². The highest BCUT2D eigenvalue weighted by molar-refractivity contribution is 6.33. The van der Waals surface area contributed by atoms with Gasteiger partial charge in [-0.3, -0.25) is 0 Å². The number of aromatic nitrogens is 2. The van der Waals surface area contributed by atoms with Gasteiger partial charge in [0.15, 0.2) is 0 Å². The van der Waals surface area contributed by atoms with Crippen molar-refractivity contribution in [2.24, 2.45) is 0 Å². The van der Waals surface area contributed by atoms with E-state index in [0.29, 0.717) is 16.9 Å². The highest BCUT2D eigenvalue weighted by Gasteiger charge is 2.18. The molecule has 2 heterocycles. The number of likely N-dealkylation sites (N-methyl/N-ethyl adjacent to an activating group) is 1. The third-order valence-electron chi connectivity index (χ3n) is 3.14. The smallest absolute Gasteiger partial charge is 0.224 e. The Hall–Kier alpha value is -0.580. The molecule has 1 aliphatic heterocycles. The topological polar surface area (TPSA) is 41.0 Å². The van der Waals surface area contributed by atoms with Gasteiger partial charge in [0.05, 0.1) is 6.20 Å². The second-order valence-electron chi connectivity index (χ2n) is 4.35. The molecule has 0 amide bonds. The van der Waals surface area contributed by atoms with Crippen molar-refractivity contribution in [2.75, 3.05) is 25.5 Å². The van der Waals surface area contributed by atoms with Gasteiger partial charge in [-0.25, -0.2) is 4.98 Å². The second kappa shape index (κ2) is 5.85. The summed E-state index contributed by atoms with van der Waals surface area (Å²) < 4.78 is 0. The van der Waals surface area contributed by atoms with Crippen molar-refractivity contribution < 1.29 is 0 Å². The molecule has 4 nitrogen and oxygen atoms in total. The summed E-state index contributed by atoms with van der Waals surface area (Å²) in [4.78, 5) is 10.3. The fourth-order valence-electron chi connectivity index (χ4n) is 2.09. The zero-order valence-electron chi connectivity index (χ0n) is 9.79. The van der Waals surface area contributed by atoms with Gasteiger partial charge in [-0.1, -0.05) is 18.0 Å². The van der Waals surface area contributed by atoms with Crippen LogP contribution in [0.2, 0.25) is 10.3 Å². The quantitative estimate of drug-likeness (QED) is 0.861. The summed E-state index contributed by atoms with van der Waals surface area (Å²) in [6, 6.07) is 0.536. The van der Waals surface area contributed by atoms with E-state index >= 15 is 0 Å². The summed E-state index contributed by atoms with van der Waals surface area (Å²) in [5.41, 5.74) is 0. The minimum Gasteiger partial charge on any atom is -0.367 e. The first-order chi connectivity index (χ1) is 8.16. The predicted molar refractivity (Wildman–Crippen MR) is 70.8 cm³/mol. The molecule has 17 heavy (non-hydrogen) atoms. The van der Waals surface area contributed by atoms with Gasteiger partial charge in [-0.2, -0.15) is 4.98 Å². The van der Waals surface area contributed by atoms with Crippen molar-refractivity contribution in [1.29, 1.82) is 0 Å². The zero-order chi connectivity index (χ0) is 12.3. The lowest BCUT2D eigenvalue weighted by atomic mass is 10.0. The average Bonchev–Trinajstić information content (AvgIpc) is 2.32. The highest BCUT2D eigenvalue weighted by Crippen LogP contribution is 2.21. The summed E-state index contributed by atoms with van der Waals surface area (Å²) in [5, 5.41) is 3.97. The third-order valence-corrected chi connectivity index (χ3v) is 3.60. The Morgan fingerprint density at radius 1 is 1.47 bits per heavy atom. The summed E-state index contributed by atoms with van der Waals surface area (Å²) >= 11 is 11.7. The van der Waals surface area contributed by atoms with Crippen molar-refractivity contribution >= 4 is 29.0 Å². The van der Waals surface area contributed by atoms with Crippen LogP contribution in [0, 0.1) is 0 Å². The molecule has 1 unspecified atom stereocenters. The fourth-order valence-corrected chi connectivity index (χ4v) is 2.38. The number of hydrogen-bond acceptors (Lipinski definition) is 4. The van der Waals surface area contributed by atoms with Gasteiger partial charge in [0.25, 0.3) is 0 Å². The Kier molecular flexibility index (Phi) is 4.42. The van der Waals surface area contributed by atoms with Gasteiger partial charge in [-0.05, 0) is 38.0 Å². The summed E-state index contributed by atoms with van der Waals surface area (Å²) in [5.74, 6) is 0.616. The van der Waals surface area contributed by atoms with E-state index in [-0.39, 0.29) is 5.28 Å². The van der Waals surface area contributed by atoms with Crippen LogP contribution in [0.3, 0.4) is 0 Å².